The number of H-pyrrole nitrogens is 1. The van der Waals surface area contributed by atoms with E-state index in [1.54, 1.807) is 11.3 Å². The molecule has 5 nitrogen and oxygen atoms in total. The fourth-order valence-electron chi connectivity index (χ4n) is 3.15. The van der Waals surface area contributed by atoms with E-state index in [1.807, 2.05) is 60.8 Å². The van der Waals surface area contributed by atoms with Crippen LogP contribution in [-0.2, 0) is 0 Å². The van der Waals surface area contributed by atoms with Gasteiger partial charge in [-0.2, -0.15) is 0 Å². The van der Waals surface area contributed by atoms with Crippen molar-refractivity contribution in [2.75, 3.05) is 0 Å². The number of thiazole rings is 1. The second kappa shape index (κ2) is 7.56. The van der Waals surface area contributed by atoms with Crippen molar-refractivity contribution in [1.29, 1.82) is 0 Å². The molecule has 0 bridgehead atoms. The highest BCUT2D eigenvalue weighted by atomic mass is 32.1. The third-order valence-corrected chi connectivity index (χ3v) is 5.68. The summed E-state index contributed by atoms with van der Waals surface area (Å²) in [6, 6.07) is 15.3. The Morgan fingerprint density at radius 2 is 1.82 bits per heavy atom. The number of rotatable bonds is 5. The molecule has 2 N–H and O–H groups in total. The molecule has 6 heteroatoms. The molecule has 28 heavy (non-hydrogen) atoms. The lowest BCUT2D eigenvalue weighted by atomic mass is 10.0. The summed E-state index contributed by atoms with van der Waals surface area (Å²) < 4.78 is 0. The molecular formula is C22H22N4OS. The zero-order valence-corrected chi connectivity index (χ0v) is 16.9. The SMILES string of the molecule is Cc1csc(-c2ccc(C(=O)N[C@H](c3nc4ccccc4[nH]3)C(C)C)cc2)n1. The Labute approximate surface area is 167 Å². The zero-order valence-electron chi connectivity index (χ0n) is 16.1. The Morgan fingerprint density at radius 1 is 1.07 bits per heavy atom. The first-order valence-electron chi connectivity index (χ1n) is 9.29. The van der Waals surface area contributed by atoms with Gasteiger partial charge in [0.05, 0.1) is 17.1 Å². The van der Waals surface area contributed by atoms with Crippen molar-refractivity contribution in [3.05, 3.63) is 71.0 Å². The molecule has 4 aromatic rings. The van der Waals surface area contributed by atoms with Crippen molar-refractivity contribution in [3.8, 4) is 10.6 Å². The molecule has 142 valence electrons. The summed E-state index contributed by atoms with van der Waals surface area (Å²) in [6.45, 7) is 6.13. The number of hydrogen-bond acceptors (Lipinski definition) is 4. The van der Waals surface area contributed by atoms with Crippen LogP contribution in [0.15, 0.2) is 53.9 Å². The molecule has 0 aliphatic carbocycles. The standard InChI is InChI=1S/C22H22N4OS/c1-13(2)19(20-24-17-6-4-5-7-18(17)25-20)26-21(27)15-8-10-16(11-9-15)22-23-14(3)12-28-22/h4-13,19H,1-3H3,(H,24,25)(H,26,27)/t19-/m0/s1. The number of aromatic amines is 1. The molecule has 4 rings (SSSR count). The van der Waals surface area contributed by atoms with Gasteiger partial charge in [-0.25, -0.2) is 9.97 Å². The number of carbonyl (C=O) groups is 1. The lowest BCUT2D eigenvalue weighted by Gasteiger charge is -2.20. The smallest absolute Gasteiger partial charge is 0.251 e. The van der Waals surface area contributed by atoms with Crippen molar-refractivity contribution < 1.29 is 4.79 Å². The van der Waals surface area contributed by atoms with E-state index in [-0.39, 0.29) is 17.9 Å². The van der Waals surface area contributed by atoms with Gasteiger partial charge in [0, 0.05) is 22.2 Å². The predicted molar refractivity (Wildman–Crippen MR) is 113 cm³/mol. The number of para-hydroxylation sites is 2. The number of nitrogens with one attached hydrogen (secondary N) is 2. The molecule has 0 fully saturated rings. The highest BCUT2D eigenvalue weighted by Gasteiger charge is 2.22. The molecular weight excluding hydrogens is 368 g/mol. The summed E-state index contributed by atoms with van der Waals surface area (Å²) in [5, 5.41) is 6.12. The number of imidazole rings is 1. The quantitative estimate of drug-likeness (QED) is 0.497. The number of aryl methyl sites for hydroxylation is 1. The molecule has 0 aliphatic heterocycles. The molecule has 0 saturated carbocycles. The van der Waals surface area contributed by atoms with Crippen LogP contribution in [-0.4, -0.2) is 20.9 Å². The van der Waals surface area contributed by atoms with Crippen molar-refractivity contribution in [3.63, 3.8) is 0 Å². The fraction of sp³-hybridized carbons (Fsp3) is 0.227. The summed E-state index contributed by atoms with van der Waals surface area (Å²) in [5.41, 5.74) is 4.53. The first-order valence-corrected chi connectivity index (χ1v) is 10.2. The monoisotopic (exact) mass is 390 g/mol. The van der Waals surface area contributed by atoms with Gasteiger partial charge in [0.25, 0.3) is 5.91 Å². The van der Waals surface area contributed by atoms with Crippen LogP contribution >= 0.6 is 11.3 Å². The van der Waals surface area contributed by atoms with E-state index in [1.165, 1.54) is 0 Å². The number of carbonyl (C=O) groups excluding carboxylic acids is 1. The molecule has 2 aromatic heterocycles. The van der Waals surface area contributed by atoms with Gasteiger partial charge in [-0.05, 0) is 37.1 Å². The number of benzene rings is 2. The van der Waals surface area contributed by atoms with E-state index in [0.717, 1.165) is 33.1 Å². The summed E-state index contributed by atoms with van der Waals surface area (Å²) in [6.07, 6.45) is 0. The number of nitrogens with zero attached hydrogens (tertiary/aromatic N) is 2. The minimum Gasteiger partial charge on any atom is -0.342 e. The molecule has 0 unspecified atom stereocenters. The van der Waals surface area contributed by atoms with E-state index in [4.69, 9.17) is 0 Å². The first kappa shape index (κ1) is 18.4. The van der Waals surface area contributed by atoms with Crippen molar-refractivity contribution >= 4 is 28.3 Å². The number of aromatic nitrogens is 3. The van der Waals surface area contributed by atoms with Crippen LogP contribution in [0, 0.1) is 12.8 Å². The number of fused-ring (bicyclic) bond motifs is 1. The Hall–Kier alpha value is -2.99. The summed E-state index contributed by atoms with van der Waals surface area (Å²) in [5.74, 6) is 0.863. The van der Waals surface area contributed by atoms with Gasteiger partial charge in [-0.1, -0.05) is 38.1 Å². The van der Waals surface area contributed by atoms with E-state index in [2.05, 4.69) is 34.1 Å². The lowest BCUT2D eigenvalue weighted by Crippen LogP contribution is -2.32. The predicted octanol–water partition coefficient (Wildman–Crippen LogP) is 5.12. The molecule has 2 aromatic carbocycles. The van der Waals surface area contributed by atoms with Gasteiger partial charge < -0.3 is 10.3 Å². The van der Waals surface area contributed by atoms with E-state index in [0.29, 0.717) is 5.56 Å². The Balaban J connectivity index is 1.54. The maximum absolute atomic E-state index is 12.8. The second-order valence-electron chi connectivity index (χ2n) is 7.21. The molecule has 1 atom stereocenters. The average Bonchev–Trinajstić information content (AvgIpc) is 3.31. The highest BCUT2D eigenvalue weighted by molar-refractivity contribution is 7.13. The first-order chi connectivity index (χ1) is 13.5. The third kappa shape index (κ3) is 3.68. The number of hydrogen-bond donors (Lipinski definition) is 2. The summed E-state index contributed by atoms with van der Waals surface area (Å²) in [7, 11) is 0. The Morgan fingerprint density at radius 3 is 2.46 bits per heavy atom. The van der Waals surface area contributed by atoms with Gasteiger partial charge in [-0.15, -0.1) is 11.3 Å². The third-order valence-electron chi connectivity index (χ3n) is 4.67. The van der Waals surface area contributed by atoms with Gasteiger partial charge in [0.1, 0.15) is 10.8 Å². The highest BCUT2D eigenvalue weighted by Crippen LogP contribution is 2.25. The molecule has 0 aliphatic rings. The van der Waals surface area contributed by atoms with Crippen LogP contribution < -0.4 is 5.32 Å². The molecule has 0 saturated heterocycles. The van der Waals surface area contributed by atoms with Gasteiger partial charge >= 0.3 is 0 Å². The van der Waals surface area contributed by atoms with Gasteiger partial charge in [-0.3, -0.25) is 4.79 Å². The van der Waals surface area contributed by atoms with Crippen molar-refractivity contribution in [2.45, 2.75) is 26.8 Å². The molecule has 1 amide bonds. The summed E-state index contributed by atoms with van der Waals surface area (Å²) >= 11 is 1.61. The molecule has 0 spiro atoms. The largest absolute Gasteiger partial charge is 0.342 e. The van der Waals surface area contributed by atoms with Gasteiger partial charge in [0.2, 0.25) is 0 Å². The zero-order chi connectivity index (χ0) is 19.7. The van der Waals surface area contributed by atoms with E-state index < -0.39 is 0 Å². The number of amides is 1. The maximum atomic E-state index is 12.8. The van der Waals surface area contributed by atoms with E-state index >= 15 is 0 Å². The van der Waals surface area contributed by atoms with Crippen LogP contribution in [0.3, 0.4) is 0 Å². The molecule has 2 heterocycles. The Kier molecular flexibility index (Phi) is 4.96. The minimum absolute atomic E-state index is 0.110. The topological polar surface area (TPSA) is 70.7 Å². The van der Waals surface area contributed by atoms with Crippen molar-refractivity contribution in [1.82, 2.24) is 20.3 Å². The van der Waals surface area contributed by atoms with Crippen LogP contribution in [0.5, 0.6) is 0 Å². The van der Waals surface area contributed by atoms with E-state index in [9.17, 15) is 4.79 Å². The average molecular weight is 391 g/mol. The maximum Gasteiger partial charge on any atom is 0.251 e. The minimum atomic E-state index is -0.193. The van der Waals surface area contributed by atoms with Gasteiger partial charge in [0.15, 0.2) is 0 Å². The lowest BCUT2D eigenvalue weighted by molar-refractivity contribution is 0.0923. The van der Waals surface area contributed by atoms with Crippen LogP contribution in [0.2, 0.25) is 0 Å². The fourth-order valence-corrected chi connectivity index (χ4v) is 3.95. The molecule has 0 radical (unpaired) electrons. The normalized spacial score (nSPS) is 12.4. The summed E-state index contributed by atoms with van der Waals surface area (Å²) in [4.78, 5) is 25.3. The van der Waals surface area contributed by atoms with Crippen LogP contribution in [0.1, 0.15) is 41.8 Å². The van der Waals surface area contributed by atoms with Crippen LogP contribution in [0.4, 0.5) is 0 Å². The Bertz CT molecular complexity index is 1080. The van der Waals surface area contributed by atoms with Crippen LogP contribution in [0.25, 0.3) is 21.6 Å². The second-order valence-corrected chi connectivity index (χ2v) is 8.06. The van der Waals surface area contributed by atoms with Crippen molar-refractivity contribution in [2.24, 2.45) is 5.92 Å².